The van der Waals surface area contributed by atoms with E-state index in [0.717, 1.165) is 19.4 Å². The second kappa shape index (κ2) is 8.49. The van der Waals surface area contributed by atoms with Gasteiger partial charge in [0.15, 0.2) is 0 Å². The van der Waals surface area contributed by atoms with Crippen LogP contribution in [0.5, 0.6) is 0 Å². The van der Waals surface area contributed by atoms with Gasteiger partial charge in [0.25, 0.3) is 11.8 Å². The first-order valence-corrected chi connectivity index (χ1v) is 8.21. The van der Waals surface area contributed by atoms with Gasteiger partial charge in [0, 0.05) is 36.8 Å². The minimum Gasteiger partial charge on any atom is -0.352 e. The third kappa shape index (κ3) is 5.21. The molecule has 1 aromatic carbocycles. The molecule has 2 rings (SSSR count). The lowest BCUT2D eigenvalue weighted by molar-refractivity contribution is 0.0740. The number of carbonyl (C=O) groups excluding carboxylic acids is 2. The summed E-state index contributed by atoms with van der Waals surface area (Å²) >= 11 is 0. The zero-order valence-electron chi connectivity index (χ0n) is 14.7. The molecular formula is C18H28ClN3O2. The van der Waals surface area contributed by atoms with E-state index in [1.54, 1.807) is 24.3 Å². The van der Waals surface area contributed by atoms with Crippen molar-refractivity contribution in [3.8, 4) is 0 Å². The van der Waals surface area contributed by atoms with Gasteiger partial charge in [0.05, 0.1) is 0 Å². The lowest BCUT2D eigenvalue weighted by Crippen LogP contribution is -2.39. The Balaban J connectivity index is 0.00000288. The molecule has 1 heterocycles. The monoisotopic (exact) mass is 353 g/mol. The molecule has 0 spiro atoms. The van der Waals surface area contributed by atoms with Crippen LogP contribution < -0.4 is 11.1 Å². The second-order valence-electron chi connectivity index (χ2n) is 7.35. The van der Waals surface area contributed by atoms with Crippen molar-refractivity contribution in [3.05, 3.63) is 35.4 Å². The zero-order valence-corrected chi connectivity index (χ0v) is 15.5. The maximum absolute atomic E-state index is 12.5. The molecule has 5 nitrogen and oxygen atoms in total. The van der Waals surface area contributed by atoms with E-state index in [1.807, 2.05) is 4.90 Å². The average molecular weight is 354 g/mol. The highest BCUT2D eigenvalue weighted by Crippen LogP contribution is 2.19. The first-order valence-electron chi connectivity index (χ1n) is 8.21. The Labute approximate surface area is 150 Å². The minimum atomic E-state index is -0.111. The van der Waals surface area contributed by atoms with Crippen LogP contribution in [0.2, 0.25) is 0 Å². The van der Waals surface area contributed by atoms with Gasteiger partial charge in [0.2, 0.25) is 0 Å². The van der Waals surface area contributed by atoms with E-state index in [4.69, 9.17) is 5.73 Å². The molecule has 0 aromatic heterocycles. The topological polar surface area (TPSA) is 75.4 Å². The molecule has 2 amide bonds. The number of hydrogen-bond donors (Lipinski definition) is 2. The Hall–Kier alpha value is -1.59. The number of amides is 2. The molecule has 0 bridgehead atoms. The van der Waals surface area contributed by atoms with Crippen molar-refractivity contribution in [1.29, 1.82) is 0 Å². The van der Waals surface area contributed by atoms with E-state index in [1.165, 1.54) is 0 Å². The van der Waals surface area contributed by atoms with Crippen LogP contribution in [0.1, 0.15) is 54.3 Å². The van der Waals surface area contributed by atoms with Crippen LogP contribution in [0.15, 0.2) is 24.3 Å². The Bertz CT molecular complexity index is 567. The first-order chi connectivity index (χ1) is 10.8. The highest BCUT2D eigenvalue weighted by Gasteiger charge is 2.28. The van der Waals surface area contributed by atoms with E-state index in [9.17, 15) is 9.59 Å². The third-order valence-electron chi connectivity index (χ3n) is 4.08. The number of likely N-dealkylation sites (tertiary alicyclic amines) is 1. The predicted octanol–water partition coefficient (Wildman–Crippen LogP) is 2.45. The summed E-state index contributed by atoms with van der Waals surface area (Å²) in [6, 6.07) is 7.00. The number of nitrogens with two attached hydrogens (primary N) is 1. The summed E-state index contributed by atoms with van der Waals surface area (Å²) < 4.78 is 0. The Morgan fingerprint density at radius 2 is 1.79 bits per heavy atom. The summed E-state index contributed by atoms with van der Waals surface area (Å²) in [6.45, 7) is 8.07. The van der Waals surface area contributed by atoms with Crippen molar-refractivity contribution in [3.63, 3.8) is 0 Å². The molecule has 1 unspecified atom stereocenters. The number of benzene rings is 1. The van der Waals surface area contributed by atoms with Crippen LogP contribution in [0.25, 0.3) is 0 Å². The highest BCUT2D eigenvalue weighted by molar-refractivity contribution is 5.98. The maximum atomic E-state index is 12.5. The molecule has 6 heteroatoms. The number of carbonyl (C=O) groups is 2. The van der Waals surface area contributed by atoms with Gasteiger partial charge < -0.3 is 16.0 Å². The van der Waals surface area contributed by atoms with Crippen LogP contribution in [0, 0.1) is 5.41 Å². The van der Waals surface area contributed by atoms with Gasteiger partial charge in [-0.05, 0) is 42.5 Å². The fourth-order valence-electron chi connectivity index (χ4n) is 2.73. The minimum absolute atomic E-state index is 0. The summed E-state index contributed by atoms with van der Waals surface area (Å²) in [5, 5.41) is 2.91. The second-order valence-corrected chi connectivity index (χ2v) is 7.35. The SMILES string of the molecule is CC(C)(C)CNC(=O)c1ccc(C(=O)N2CCCC2CN)cc1.Cl. The Morgan fingerprint density at radius 1 is 1.21 bits per heavy atom. The molecule has 24 heavy (non-hydrogen) atoms. The van der Waals surface area contributed by atoms with Crippen molar-refractivity contribution in [2.24, 2.45) is 11.1 Å². The van der Waals surface area contributed by atoms with Crippen LogP contribution in [-0.2, 0) is 0 Å². The highest BCUT2D eigenvalue weighted by atomic mass is 35.5. The van der Waals surface area contributed by atoms with Crippen molar-refractivity contribution in [2.45, 2.75) is 39.7 Å². The van der Waals surface area contributed by atoms with Crippen LogP contribution in [0.4, 0.5) is 0 Å². The fraction of sp³-hybridized carbons (Fsp3) is 0.556. The molecule has 1 aromatic rings. The van der Waals surface area contributed by atoms with Gasteiger partial charge in [-0.2, -0.15) is 0 Å². The largest absolute Gasteiger partial charge is 0.352 e. The van der Waals surface area contributed by atoms with Crippen molar-refractivity contribution in [2.75, 3.05) is 19.6 Å². The van der Waals surface area contributed by atoms with Gasteiger partial charge in [0.1, 0.15) is 0 Å². The van der Waals surface area contributed by atoms with Gasteiger partial charge in [-0.1, -0.05) is 20.8 Å². The van der Waals surface area contributed by atoms with Gasteiger partial charge >= 0.3 is 0 Å². The summed E-state index contributed by atoms with van der Waals surface area (Å²) in [4.78, 5) is 26.5. The number of rotatable bonds is 4. The molecule has 0 radical (unpaired) electrons. The molecular weight excluding hydrogens is 326 g/mol. The summed E-state index contributed by atoms with van der Waals surface area (Å²) in [7, 11) is 0. The summed E-state index contributed by atoms with van der Waals surface area (Å²) in [6.07, 6.45) is 1.97. The molecule has 134 valence electrons. The quantitative estimate of drug-likeness (QED) is 0.873. The zero-order chi connectivity index (χ0) is 17.0. The maximum Gasteiger partial charge on any atom is 0.254 e. The van der Waals surface area contributed by atoms with E-state index < -0.39 is 0 Å². The number of hydrogen-bond acceptors (Lipinski definition) is 3. The van der Waals surface area contributed by atoms with Gasteiger partial charge in [-0.3, -0.25) is 9.59 Å². The molecule has 1 saturated heterocycles. The van der Waals surface area contributed by atoms with Gasteiger partial charge in [-0.15, -0.1) is 12.4 Å². The first kappa shape index (κ1) is 20.5. The molecule has 0 saturated carbocycles. The molecule has 3 N–H and O–H groups in total. The average Bonchev–Trinajstić information content (AvgIpc) is 3.00. The standard InChI is InChI=1S/C18H27N3O2.ClH/c1-18(2,3)12-20-16(22)13-6-8-14(9-7-13)17(23)21-10-4-5-15(21)11-19;/h6-9,15H,4-5,10-12,19H2,1-3H3,(H,20,22);1H. The van der Waals surface area contributed by atoms with Crippen LogP contribution >= 0.6 is 12.4 Å². The summed E-state index contributed by atoms with van der Waals surface area (Å²) in [5.74, 6) is -0.112. The summed E-state index contributed by atoms with van der Waals surface area (Å²) in [5.41, 5.74) is 6.95. The predicted molar refractivity (Wildman–Crippen MR) is 98.6 cm³/mol. The van der Waals surface area contributed by atoms with E-state index in [-0.39, 0.29) is 35.7 Å². The van der Waals surface area contributed by atoms with Crippen LogP contribution in [-0.4, -0.2) is 42.4 Å². The number of nitrogens with zero attached hydrogens (tertiary/aromatic N) is 1. The van der Waals surface area contributed by atoms with Crippen LogP contribution in [0.3, 0.4) is 0 Å². The number of nitrogens with one attached hydrogen (secondary N) is 1. The molecule has 1 fully saturated rings. The Morgan fingerprint density at radius 3 is 2.33 bits per heavy atom. The lowest BCUT2D eigenvalue weighted by atomic mass is 9.97. The van der Waals surface area contributed by atoms with Gasteiger partial charge in [-0.25, -0.2) is 0 Å². The Kier molecular flexibility index (Phi) is 7.24. The molecule has 1 aliphatic heterocycles. The van der Waals surface area contributed by atoms with Crippen molar-refractivity contribution >= 4 is 24.2 Å². The van der Waals surface area contributed by atoms with Crippen molar-refractivity contribution in [1.82, 2.24) is 10.2 Å². The van der Waals surface area contributed by atoms with E-state index in [2.05, 4.69) is 26.1 Å². The molecule has 1 aliphatic rings. The molecule has 0 aliphatic carbocycles. The van der Waals surface area contributed by atoms with E-state index in [0.29, 0.717) is 24.2 Å². The lowest BCUT2D eigenvalue weighted by Gasteiger charge is -2.23. The fourth-order valence-corrected chi connectivity index (χ4v) is 2.73. The normalized spacial score (nSPS) is 17.3. The number of halogens is 1. The van der Waals surface area contributed by atoms with E-state index >= 15 is 0 Å². The van der Waals surface area contributed by atoms with Crippen molar-refractivity contribution < 1.29 is 9.59 Å². The smallest absolute Gasteiger partial charge is 0.254 e. The third-order valence-corrected chi connectivity index (χ3v) is 4.08. The molecule has 1 atom stereocenters.